The maximum absolute atomic E-state index is 11.6. The summed E-state index contributed by atoms with van der Waals surface area (Å²) in [5.74, 6) is 0.596. The summed E-state index contributed by atoms with van der Waals surface area (Å²) >= 11 is 0. The Morgan fingerprint density at radius 2 is 2.04 bits per heavy atom. The molecule has 2 unspecified atom stereocenters. The number of carbonyl (C=O) groups excluding carboxylic acids is 1. The second-order valence-corrected chi connectivity index (χ2v) is 6.57. The number of hydrogen-bond acceptors (Lipinski definition) is 5. The van der Waals surface area contributed by atoms with Crippen molar-refractivity contribution in [3.63, 3.8) is 0 Å². The summed E-state index contributed by atoms with van der Waals surface area (Å²) in [4.78, 5) is 11.6. The van der Waals surface area contributed by atoms with Crippen LogP contribution in [0.5, 0.6) is 5.75 Å². The Labute approximate surface area is 138 Å². The minimum Gasteiger partial charge on any atom is -0.496 e. The molecule has 0 bridgehead atoms. The molecule has 0 saturated heterocycles. The SMILES string of the molecule is COc1ccc(C)cc1C(O)C(N)CCNC(=O)OC(C)(C)C. The summed E-state index contributed by atoms with van der Waals surface area (Å²) in [7, 11) is 1.55. The van der Waals surface area contributed by atoms with E-state index in [0.717, 1.165) is 5.56 Å². The number of ether oxygens (including phenoxy) is 2. The largest absolute Gasteiger partial charge is 0.496 e. The van der Waals surface area contributed by atoms with Crippen molar-refractivity contribution >= 4 is 6.09 Å². The first-order chi connectivity index (χ1) is 10.6. The Morgan fingerprint density at radius 3 is 2.61 bits per heavy atom. The molecule has 0 aliphatic heterocycles. The third-order valence-corrected chi connectivity index (χ3v) is 3.26. The van der Waals surface area contributed by atoms with Gasteiger partial charge in [0.2, 0.25) is 0 Å². The van der Waals surface area contributed by atoms with Crippen LogP contribution in [0.25, 0.3) is 0 Å². The fourth-order valence-corrected chi connectivity index (χ4v) is 2.13. The van der Waals surface area contributed by atoms with E-state index in [4.69, 9.17) is 15.2 Å². The van der Waals surface area contributed by atoms with Gasteiger partial charge in [-0.2, -0.15) is 0 Å². The first-order valence-corrected chi connectivity index (χ1v) is 7.69. The molecule has 130 valence electrons. The van der Waals surface area contributed by atoms with Crippen molar-refractivity contribution in [3.05, 3.63) is 29.3 Å². The fourth-order valence-electron chi connectivity index (χ4n) is 2.13. The number of aliphatic hydroxyl groups is 1. The van der Waals surface area contributed by atoms with Crippen molar-refractivity contribution in [1.82, 2.24) is 5.32 Å². The Balaban J connectivity index is 2.56. The van der Waals surface area contributed by atoms with Crippen LogP contribution >= 0.6 is 0 Å². The number of alkyl carbamates (subject to hydrolysis) is 1. The van der Waals surface area contributed by atoms with E-state index in [2.05, 4.69) is 5.32 Å². The molecule has 2 atom stereocenters. The van der Waals surface area contributed by atoms with Crippen LogP contribution in [0, 0.1) is 6.92 Å². The van der Waals surface area contributed by atoms with E-state index >= 15 is 0 Å². The summed E-state index contributed by atoms with van der Waals surface area (Å²) in [5, 5.41) is 13.1. The van der Waals surface area contributed by atoms with E-state index in [-0.39, 0.29) is 0 Å². The Bertz CT molecular complexity index is 526. The maximum Gasteiger partial charge on any atom is 0.407 e. The zero-order valence-corrected chi connectivity index (χ0v) is 14.6. The van der Waals surface area contributed by atoms with Crippen molar-refractivity contribution in [2.24, 2.45) is 5.73 Å². The van der Waals surface area contributed by atoms with Crippen molar-refractivity contribution in [1.29, 1.82) is 0 Å². The van der Waals surface area contributed by atoms with Gasteiger partial charge in [0.15, 0.2) is 0 Å². The number of aliphatic hydroxyl groups excluding tert-OH is 1. The monoisotopic (exact) mass is 324 g/mol. The van der Waals surface area contributed by atoms with Gasteiger partial charge in [0.1, 0.15) is 11.4 Å². The number of benzene rings is 1. The molecular weight excluding hydrogens is 296 g/mol. The van der Waals surface area contributed by atoms with Gasteiger partial charge in [-0.05, 0) is 46.2 Å². The van der Waals surface area contributed by atoms with E-state index in [1.54, 1.807) is 33.9 Å². The lowest BCUT2D eigenvalue weighted by molar-refractivity contribution is 0.0521. The first-order valence-electron chi connectivity index (χ1n) is 7.69. The third kappa shape index (κ3) is 6.46. The smallest absolute Gasteiger partial charge is 0.407 e. The van der Waals surface area contributed by atoms with Crippen LogP contribution in [-0.4, -0.2) is 36.5 Å². The van der Waals surface area contributed by atoms with Crippen LogP contribution in [-0.2, 0) is 4.74 Å². The van der Waals surface area contributed by atoms with E-state index in [1.165, 1.54) is 0 Å². The number of hydrogen-bond donors (Lipinski definition) is 3. The predicted molar refractivity (Wildman–Crippen MR) is 89.5 cm³/mol. The lowest BCUT2D eigenvalue weighted by Gasteiger charge is -2.23. The van der Waals surface area contributed by atoms with E-state index in [1.807, 2.05) is 19.1 Å². The van der Waals surface area contributed by atoms with Crippen LogP contribution in [0.3, 0.4) is 0 Å². The molecular formula is C17H28N2O4. The van der Waals surface area contributed by atoms with Gasteiger partial charge in [0, 0.05) is 18.2 Å². The van der Waals surface area contributed by atoms with Gasteiger partial charge in [-0.15, -0.1) is 0 Å². The molecule has 0 saturated carbocycles. The maximum atomic E-state index is 11.6. The highest BCUT2D eigenvalue weighted by atomic mass is 16.6. The summed E-state index contributed by atoms with van der Waals surface area (Å²) in [6.45, 7) is 7.65. The van der Waals surface area contributed by atoms with Gasteiger partial charge in [-0.1, -0.05) is 11.6 Å². The molecule has 1 aromatic carbocycles. The van der Waals surface area contributed by atoms with Crippen LogP contribution in [0.15, 0.2) is 18.2 Å². The van der Waals surface area contributed by atoms with E-state index in [0.29, 0.717) is 24.3 Å². The van der Waals surface area contributed by atoms with Gasteiger partial charge < -0.3 is 25.6 Å². The Morgan fingerprint density at radius 1 is 1.39 bits per heavy atom. The summed E-state index contributed by atoms with van der Waals surface area (Å²) < 4.78 is 10.4. The number of methoxy groups -OCH3 is 1. The van der Waals surface area contributed by atoms with Gasteiger partial charge in [0.25, 0.3) is 0 Å². The van der Waals surface area contributed by atoms with Crippen molar-refractivity contribution in [2.75, 3.05) is 13.7 Å². The van der Waals surface area contributed by atoms with Gasteiger partial charge in [0.05, 0.1) is 13.2 Å². The topological polar surface area (TPSA) is 93.8 Å². The van der Waals surface area contributed by atoms with Gasteiger partial charge >= 0.3 is 6.09 Å². The van der Waals surface area contributed by atoms with Crippen LogP contribution in [0.1, 0.15) is 44.4 Å². The molecule has 0 spiro atoms. The number of amides is 1. The predicted octanol–water partition coefficient (Wildman–Crippen LogP) is 2.28. The highest BCUT2D eigenvalue weighted by Crippen LogP contribution is 2.28. The third-order valence-electron chi connectivity index (χ3n) is 3.26. The van der Waals surface area contributed by atoms with Crippen molar-refractivity contribution < 1.29 is 19.4 Å². The molecule has 1 rings (SSSR count). The minimum absolute atomic E-state index is 0.321. The molecule has 0 aromatic heterocycles. The number of aryl methyl sites for hydroxylation is 1. The van der Waals surface area contributed by atoms with Gasteiger partial charge in [-0.3, -0.25) is 0 Å². The summed E-state index contributed by atoms with van der Waals surface area (Å²) in [5.41, 5.74) is 7.16. The van der Waals surface area contributed by atoms with Crippen LogP contribution < -0.4 is 15.8 Å². The second-order valence-electron chi connectivity index (χ2n) is 6.57. The van der Waals surface area contributed by atoms with E-state index < -0.39 is 23.8 Å². The Hall–Kier alpha value is -1.79. The molecule has 6 nitrogen and oxygen atoms in total. The molecule has 1 aromatic rings. The van der Waals surface area contributed by atoms with Crippen LogP contribution in [0.4, 0.5) is 4.79 Å². The van der Waals surface area contributed by atoms with Gasteiger partial charge in [-0.25, -0.2) is 4.79 Å². The highest BCUT2D eigenvalue weighted by Gasteiger charge is 2.21. The first kappa shape index (κ1) is 19.3. The zero-order chi connectivity index (χ0) is 17.6. The standard InChI is InChI=1S/C17H28N2O4/c1-11-6-7-14(22-5)12(10-11)15(20)13(18)8-9-19-16(21)23-17(2,3)4/h6-7,10,13,15,20H,8-9,18H2,1-5H3,(H,19,21). The van der Waals surface area contributed by atoms with Crippen molar-refractivity contribution in [3.8, 4) is 5.75 Å². The second kappa shape index (κ2) is 8.17. The lowest BCUT2D eigenvalue weighted by Crippen LogP contribution is -2.37. The minimum atomic E-state index is -0.870. The average Bonchev–Trinajstić information content (AvgIpc) is 2.44. The quantitative estimate of drug-likeness (QED) is 0.746. The summed E-state index contributed by atoms with van der Waals surface area (Å²) in [6.07, 6.45) is -0.949. The molecule has 23 heavy (non-hydrogen) atoms. The molecule has 0 heterocycles. The zero-order valence-electron chi connectivity index (χ0n) is 14.6. The van der Waals surface area contributed by atoms with E-state index in [9.17, 15) is 9.90 Å². The number of rotatable bonds is 6. The molecule has 0 radical (unpaired) electrons. The summed E-state index contributed by atoms with van der Waals surface area (Å²) in [6, 6.07) is 5.04. The molecule has 6 heteroatoms. The Kier molecular flexibility index (Phi) is 6.84. The van der Waals surface area contributed by atoms with Crippen molar-refractivity contribution in [2.45, 2.75) is 51.9 Å². The molecule has 4 N–H and O–H groups in total. The lowest BCUT2D eigenvalue weighted by atomic mass is 9.98. The normalized spacial score (nSPS) is 14.0. The molecule has 0 aliphatic rings. The molecule has 0 fully saturated rings. The number of carbonyl (C=O) groups is 1. The van der Waals surface area contributed by atoms with Crippen LogP contribution in [0.2, 0.25) is 0 Å². The molecule has 0 aliphatic carbocycles. The number of nitrogens with two attached hydrogens (primary N) is 1. The number of nitrogens with one attached hydrogen (secondary N) is 1. The fraction of sp³-hybridized carbons (Fsp3) is 0.588. The average molecular weight is 324 g/mol. The molecule has 1 amide bonds. The highest BCUT2D eigenvalue weighted by molar-refractivity contribution is 5.67.